The number of nitrogens with one attached hydrogen (secondary N) is 1. The Morgan fingerprint density at radius 1 is 0.333 bits per heavy atom. The Morgan fingerprint density at radius 3 is 1.38 bits per heavy atom. The molecule has 0 aromatic heterocycles. The maximum Gasteiger partial charge on any atom is 0.198 e. The molecular weight excluding hydrogens is 888 g/mol. The number of rotatable bonds is 8. The Balaban J connectivity index is 1.06. The number of benzene rings is 11. The zero-order chi connectivity index (χ0) is 47.6. The standard InChI is InChI=1S/C66H47BN4Si/c1-6-23-46(24-7-1)69(47-25-8-2-9-26-47)51-41-42-57-59(44-51)71(50-31-14-5-15-32-50)60-45-52(70(48-27-10-3-11-28-48)49-29-12-4-13-30-49)43-56(65(60)67-57)55-35-22-40-64-66(55)68-58-36-18-21-39-63(58)72(64)61-37-19-16-33-53(61)54-34-17-20-38-62(54)72/h1-45,67-68H. The molecule has 338 valence electrons. The fraction of sp³-hybridized carbons (Fsp3) is 0. The van der Waals surface area contributed by atoms with E-state index in [4.69, 9.17) is 0 Å². The lowest BCUT2D eigenvalue weighted by atomic mass is 9.58. The van der Waals surface area contributed by atoms with E-state index in [0.717, 1.165) is 58.5 Å². The molecule has 0 bridgehead atoms. The molecule has 3 aliphatic rings. The zero-order valence-corrected chi connectivity index (χ0v) is 40.5. The third kappa shape index (κ3) is 6.53. The van der Waals surface area contributed by atoms with Gasteiger partial charge in [0.2, 0.25) is 0 Å². The fourth-order valence-corrected chi connectivity index (χ4v) is 17.6. The second kappa shape index (κ2) is 17.1. The molecular formula is C66H47BN4Si. The van der Waals surface area contributed by atoms with Crippen LogP contribution in [0, 0.1) is 0 Å². The van der Waals surface area contributed by atoms with Crippen LogP contribution in [0.1, 0.15) is 0 Å². The van der Waals surface area contributed by atoms with Gasteiger partial charge in [-0.15, -0.1) is 0 Å². The molecule has 3 aliphatic heterocycles. The minimum Gasteiger partial charge on any atom is -0.355 e. The van der Waals surface area contributed by atoms with Gasteiger partial charge in [-0.2, -0.15) is 0 Å². The van der Waals surface area contributed by atoms with Crippen molar-refractivity contribution in [3.63, 3.8) is 0 Å². The van der Waals surface area contributed by atoms with Gasteiger partial charge in [-0.05, 0) is 134 Å². The van der Waals surface area contributed by atoms with Gasteiger partial charge < -0.3 is 20.0 Å². The molecule has 1 N–H and O–H groups in total. The average Bonchev–Trinajstić information content (AvgIpc) is 3.75. The van der Waals surface area contributed by atoms with E-state index in [1.54, 1.807) is 0 Å². The Kier molecular flexibility index (Phi) is 9.93. The normalized spacial score (nSPS) is 13.0. The highest BCUT2D eigenvalue weighted by atomic mass is 28.3. The van der Waals surface area contributed by atoms with E-state index in [-0.39, 0.29) is 0 Å². The summed E-state index contributed by atoms with van der Waals surface area (Å²) in [6.45, 7) is 0. The predicted molar refractivity (Wildman–Crippen MR) is 308 cm³/mol. The van der Waals surface area contributed by atoms with Crippen LogP contribution in [0.5, 0.6) is 0 Å². The van der Waals surface area contributed by atoms with Gasteiger partial charge in [0, 0.05) is 68.1 Å². The second-order valence-electron chi connectivity index (χ2n) is 18.9. The van der Waals surface area contributed by atoms with Crippen molar-refractivity contribution in [1.82, 2.24) is 0 Å². The molecule has 11 aromatic rings. The molecule has 0 aliphatic carbocycles. The van der Waals surface area contributed by atoms with Crippen LogP contribution in [0.4, 0.5) is 62.6 Å². The van der Waals surface area contributed by atoms with Gasteiger partial charge in [-0.1, -0.05) is 187 Å². The van der Waals surface area contributed by atoms with Crippen molar-refractivity contribution >= 4 is 110 Å². The summed E-state index contributed by atoms with van der Waals surface area (Å²) < 4.78 is 0. The molecule has 0 saturated carbocycles. The van der Waals surface area contributed by atoms with Crippen LogP contribution < -0.4 is 51.7 Å². The monoisotopic (exact) mass is 934 g/mol. The van der Waals surface area contributed by atoms with Gasteiger partial charge in [0.1, 0.15) is 0 Å². The number of fused-ring (bicyclic) bond motifs is 11. The summed E-state index contributed by atoms with van der Waals surface area (Å²) in [6.07, 6.45) is 0. The largest absolute Gasteiger partial charge is 0.355 e. The van der Waals surface area contributed by atoms with E-state index >= 15 is 0 Å². The highest BCUT2D eigenvalue weighted by molar-refractivity contribution is 7.23. The number of nitrogens with zero attached hydrogens (tertiary/aromatic N) is 3. The van der Waals surface area contributed by atoms with Crippen molar-refractivity contribution in [3.05, 3.63) is 273 Å². The third-order valence-corrected chi connectivity index (χ3v) is 20.0. The van der Waals surface area contributed by atoms with Gasteiger partial charge in [-0.25, -0.2) is 0 Å². The van der Waals surface area contributed by atoms with Crippen molar-refractivity contribution in [1.29, 1.82) is 0 Å². The van der Waals surface area contributed by atoms with Gasteiger partial charge >= 0.3 is 0 Å². The van der Waals surface area contributed by atoms with E-state index in [0.29, 0.717) is 0 Å². The van der Waals surface area contributed by atoms with Crippen molar-refractivity contribution in [3.8, 4) is 22.3 Å². The summed E-state index contributed by atoms with van der Waals surface area (Å²) in [6, 6.07) is 101. The lowest BCUT2D eigenvalue weighted by Gasteiger charge is -2.40. The van der Waals surface area contributed by atoms with Crippen molar-refractivity contribution < 1.29 is 0 Å². The van der Waals surface area contributed by atoms with Crippen LogP contribution in [0.15, 0.2) is 273 Å². The van der Waals surface area contributed by atoms with Crippen LogP contribution in [0.3, 0.4) is 0 Å². The van der Waals surface area contributed by atoms with E-state index in [9.17, 15) is 0 Å². The molecule has 3 heterocycles. The minimum absolute atomic E-state index is 0.742. The highest BCUT2D eigenvalue weighted by Crippen LogP contribution is 2.47. The lowest BCUT2D eigenvalue weighted by Crippen LogP contribution is -2.74. The van der Waals surface area contributed by atoms with E-state index < -0.39 is 8.07 Å². The van der Waals surface area contributed by atoms with Crippen LogP contribution in [-0.2, 0) is 0 Å². The Hall–Kier alpha value is -9.10. The summed E-state index contributed by atoms with van der Waals surface area (Å²) in [7, 11) is -2.09. The fourth-order valence-electron chi connectivity index (χ4n) is 12.1. The Labute approximate surface area is 422 Å². The first-order valence-corrected chi connectivity index (χ1v) is 26.9. The molecule has 0 saturated heterocycles. The van der Waals surface area contributed by atoms with Crippen LogP contribution in [-0.4, -0.2) is 15.4 Å². The predicted octanol–water partition coefficient (Wildman–Crippen LogP) is 12.9. The topological polar surface area (TPSA) is 21.8 Å². The summed E-state index contributed by atoms with van der Waals surface area (Å²) in [5.74, 6) is 0. The van der Waals surface area contributed by atoms with Crippen molar-refractivity contribution in [2.75, 3.05) is 20.0 Å². The SMILES string of the molecule is B1c2ccc(N(c3ccccc3)c3ccccc3)cc2N(c2ccccc2)c2cc(N(c3ccccc3)c3ccccc3)cc(-c3cccc4c3Nc3ccccc3[Si]43c4ccccc4-c4ccccc43)c21. The highest BCUT2D eigenvalue weighted by Gasteiger charge is 2.53. The molecule has 0 fully saturated rings. The first-order chi connectivity index (χ1) is 35.7. The molecule has 11 aromatic carbocycles. The summed E-state index contributed by atoms with van der Waals surface area (Å²) in [5.41, 5.74) is 20.0. The molecule has 0 radical (unpaired) electrons. The minimum atomic E-state index is -2.83. The van der Waals surface area contributed by atoms with Crippen LogP contribution in [0.25, 0.3) is 22.3 Å². The van der Waals surface area contributed by atoms with Gasteiger partial charge in [0.25, 0.3) is 0 Å². The average molecular weight is 935 g/mol. The number of hydrogen-bond acceptors (Lipinski definition) is 4. The van der Waals surface area contributed by atoms with Crippen LogP contribution in [0.2, 0.25) is 0 Å². The molecule has 0 atom stereocenters. The van der Waals surface area contributed by atoms with Gasteiger partial charge in [0.05, 0.1) is 0 Å². The van der Waals surface area contributed by atoms with E-state index in [2.05, 4.69) is 293 Å². The summed E-state index contributed by atoms with van der Waals surface area (Å²) in [5, 5.41) is 9.85. The number of hydrogen-bond donors (Lipinski definition) is 1. The molecule has 6 heteroatoms. The zero-order valence-electron chi connectivity index (χ0n) is 39.5. The third-order valence-electron chi connectivity index (χ3n) is 15.0. The maximum atomic E-state index is 4.15. The van der Waals surface area contributed by atoms with Crippen molar-refractivity contribution in [2.24, 2.45) is 0 Å². The number of anilines is 11. The van der Waals surface area contributed by atoms with E-state index in [1.165, 1.54) is 65.3 Å². The molecule has 72 heavy (non-hydrogen) atoms. The van der Waals surface area contributed by atoms with Crippen molar-refractivity contribution in [2.45, 2.75) is 0 Å². The number of para-hydroxylation sites is 7. The quantitative estimate of drug-likeness (QED) is 0.153. The summed E-state index contributed by atoms with van der Waals surface area (Å²) >= 11 is 0. The van der Waals surface area contributed by atoms with E-state index in [1.807, 2.05) is 0 Å². The first-order valence-electron chi connectivity index (χ1n) is 24.9. The molecule has 4 nitrogen and oxygen atoms in total. The smallest absolute Gasteiger partial charge is 0.198 e. The van der Waals surface area contributed by atoms with Crippen LogP contribution >= 0.6 is 0 Å². The Bertz CT molecular complexity index is 3710. The molecule has 14 rings (SSSR count). The molecule has 1 spiro atoms. The molecule has 0 amide bonds. The lowest BCUT2D eigenvalue weighted by molar-refractivity contribution is 1.24. The van der Waals surface area contributed by atoms with Gasteiger partial charge in [0.15, 0.2) is 15.4 Å². The van der Waals surface area contributed by atoms with Gasteiger partial charge in [-0.3, -0.25) is 0 Å². The second-order valence-corrected chi connectivity index (χ2v) is 22.6. The maximum absolute atomic E-state index is 4.15. The molecule has 0 unspecified atom stereocenters. The Morgan fingerprint density at radius 2 is 0.792 bits per heavy atom. The summed E-state index contributed by atoms with van der Waals surface area (Å²) in [4.78, 5) is 7.31. The first kappa shape index (κ1) is 41.8.